The molecule has 1 fully saturated rings. The smallest absolute Gasteiger partial charge is 0.251 e. The molecule has 3 rings (SSSR count). The van der Waals surface area contributed by atoms with Crippen molar-refractivity contribution in [2.75, 3.05) is 39.3 Å². The first-order valence-corrected chi connectivity index (χ1v) is 7.62. The predicted octanol–water partition coefficient (Wildman–Crippen LogP) is 0.451. The van der Waals surface area contributed by atoms with Crippen LogP contribution in [0.3, 0.4) is 0 Å². The number of Topliss-reactive ketones (excluding diaryl/α,β-unsaturated/α-hetero) is 1. The molecule has 0 saturated carbocycles. The van der Waals surface area contributed by atoms with E-state index in [1.165, 1.54) is 0 Å². The molecule has 0 unspecified atom stereocenters. The molecule has 5 heteroatoms. The van der Waals surface area contributed by atoms with Gasteiger partial charge in [0.2, 0.25) is 0 Å². The quantitative estimate of drug-likeness (QED) is 0.844. The summed E-state index contributed by atoms with van der Waals surface area (Å²) in [5.74, 6) is 0.0946. The Balaban J connectivity index is 1.57. The van der Waals surface area contributed by atoms with Crippen molar-refractivity contribution in [3.8, 4) is 0 Å². The zero-order valence-electron chi connectivity index (χ0n) is 12.2. The van der Waals surface area contributed by atoms with E-state index < -0.39 is 0 Å². The molecule has 0 bridgehead atoms. The van der Waals surface area contributed by atoms with Gasteiger partial charge in [0, 0.05) is 56.8 Å². The second-order valence-corrected chi connectivity index (χ2v) is 5.60. The van der Waals surface area contributed by atoms with Gasteiger partial charge in [0.15, 0.2) is 5.78 Å². The highest BCUT2D eigenvalue weighted by Gasteiger charge is 2.24. The Bertz CT molecular complexity index is 550. The predicted molar refractivity (Wildman–Crippen MR) is 80.7 cm³/mol. The van der Waals surface area contributed by atoms with Crippen LogP contribution < -0.4 is 10.6 Å². The second-order valence-electron chi connectivity index (χ2n) is 5.60. The third kappa shape index (κ3) is 3.14. The van der Waals surface area contributed by atoms with Crippen LogP contribution in [0.15, 0.2) is 18.2 Å². The first-order valence-electron chi connectivity index (χ1n) is 7.62. The molecule has 1 aromatic carbocycles. The van der Waals surface area contributed by atoms with Crippen LogP contribution in [0.2, 0.25) is 0 Å². The van der Waals surface area contributed by atoms with E-state index in [1.807, 2.05) is 12.1 Å². The SMILES string of the molecule is O=C1CCc2c1cccc2C(=O)NCCN1CCNCC1. The number of ketones is 1. The normalized spacial score (nSPS) is 18.6. The third-order valence-electron chi connectivity index (χ3n) is 4.25. The van der Waals surface area contributed by atoms with Gasteiger partial charge in [-0.2, -0.15) is 0 Å². The fourth-order valence-electron chi connectivity index (χ4n) is 3.06. The van der Waals surface area contributed by atoms with Gasteiger partial charge in [-0.25, -0.2) is 0 Å². The molecule has 2 N–H and O–H groups in total. The molecule has 1 saturated heterocycles. The summed E-state index contributed by atoms with van der Waals surface area (Å²) in [6.07, 6.45) is 1.22. The molecule has 21 heavy (non-hydrogen) atoms. The number of benzene rings is 1. The van der Waals surface area contributed by atoms with E-state index in [2.05, 4.69) is 15.5 Å². The largest absolute Gasteiger partial charge is 0.351 e. The lowest BCUT2D eigenvalue weighted by Crippen LogP contribution is -2.46. The van der Waals surface area contributed by atoms with Gasteiger partial charge in [-0.1, -0.05) is 12.1 Å². The van der Waals surface area contributed by atoms with Gasteiger partial charge in [-0.3, -0.25) is 14.5 Å². The molecule has 0 radical (unpaired) electrons. The molecule has 0 atom stereocenters. The van der Waals surface area contributed by atoms with E-state index in [1.54, 1.807) is 6.07 Å². The lowest BCUT2D eigenvalue weighted by atomic mass is 10.0. The minimum Gasteiger partial charge on any atom is -0.351 e. The molecule has 1 aromatic rings. The monoisotopic (exact) mass is 287 g/mol. The second kappa shape index (κ2) is 6.37. The van der Waals surface area contributed by atoms with E-state index in [9.17, 15) is 9.59 Å². The highest BCUT2D eigenvalue weighted by Crippen LogP contribution is 2.25. The number of carbonyl (C=O) groups excluding carboxylic acids is 2. The van der Waals surface area contributed by atoms with Crippen LogP contribution in [0.5, 0.6) is 0 Å². The molecule has 112 valence electrons. The van der Waals surface area contributed by atoms with Gasteiger partial charge in [0.1, 0.15) is 0 Å². The molecular formula is C16H21N3O2. The number of nitrogens with one attached hydrogen (secondary N) is 2. The van der Waals surface area contributed by atoms with Crippen molar-refractivity contribution in [2.45, 2.75) is 12.8 Å². The maximum Gasteiger partial charge on any atom is 0.251 e. The zero-order valence-corrected chi connectivity index (χ0v) is 12.2. The standard InChI is InChI=1S/C16H21N3O2/c20-15-5-4-12-13(15)2-1-3-14(12)16(21)18-8-11-19-9-6-17-7-10-19/h1-3,17H,4-11H2,(H,18,21). The summed E-state index contributed by atoms with van der Waals surface area (Å²) in [7, 11) is 0. The Morgan fingerprint density at radius 1 is 1.24 bits per heavy atom. The van der Waals surface area contributed by atoms with Gasteiger partial charge in [0.05, 0.1) is 0 Å². The summed E-state index contributed by atoms with van der Waals surface area (Å²) < 4.78 is 0. The Kier molecular flexibility index (Phi) is 4.31. The van der Waals surface area contributed by atoms with Crippen molar-refractivity contribution in [1.29, 1.82) is 0 Å². The van der Waals surface area contributed by atoms with Crippen molar-refractivity contribution in [3.05, 3.63) is 34.9 Å². The van der Waals surface area contributed by atoms with Crippen LogP contribution in [-0.4, -0.2) is 55.9 Å². The van der Waals surface area contributed by atoms with Crippen LogP contribution in [0, 0.1) is 0 Å². The van der Waals surface area contributed by atoms with Crippen molar-refractivity contribution in [2.24, 2.45) is 0 Å². The first-order chi connectivity index (χ1) is 10.3. The average molecular weight is 287 g/mol. The Morgan fingerprint density at radius 2 is 2.05 bits per heavy atom. The summed E-state index contributed by atoms with van der Waals surface area (Å²) in [5, 5.41) is 6.29. The minimum absolute atomic E-state index is 0.0586. The number of hydrogen-bond donors (Lipinski definition) is 2. The summed E-state index contributed by atoms with van der Waals surface area (Å²) >= 11 is 0. The van der Waals surface area contributed by atoms with Gasteiger partial charge < -0.3 is 10.6 Å². The minimum atomic E-state index is -0.0586. The van der Waals surface area contributed by atoms with Crippen molar-refractivity contribution in [3.63, 3.8) is 0 Å². The highest BCUT2D eigenvalue weighted by molar-refractivity contribution is 6.05. The number of rotatable bonds is 4. The van der Waals surface area contributed by atoms with Crippen LogP contribution in [0.1, 0.15) is 32.7 Å². The summed E-state index contributed by atoms with van der Waals surface area (Å²) in [5.41, 5.74) is 2.31. The molecule has 1 heterocycles. The maximum absolute atomic E-state index is 12.3. The van der Waals surface area contributed by atoms with Gasteiger partial charge in [-0.05, 0) is 18.1 Å². The number of amides is 1. The van der Waals surface area contributed by atoms with Gasteiger partial charge in [-0.15, -0.1) is 0 Å². The molecular weight excluding hydrogens is 266 g/mol. The molecule has 1 amide bonds. The fourth-order valence-corrected chi connectivity index (χ4v) is 3.06. The van der Waals surface area contributed by atoms with E-state index >= 15 is 0 Å². The molecule has 2 aliphatic rings. The first kappa shape index (κ1) is 14.2. The summed E-state index contributed by atoms with van der Waals surface area (Å²) in [4.78, 5) is 26.4. The fraction of sp³-hybridized carbons (Fsp3) is 0.500. The maximum atomic E-state index is 12.3. The van der Waals surface area contributed by atoms with Gasteiger partial charge >= 0.3 is 0 Å². The average Bonchev–Trinajstić information content (AvgIpc) is 2.90. The van der Waals surface area contributed by atoms with Crippen molar-refractivity contribution in [1.82, 2.24) is 15.5 Å². The molecule has 0 aromatic heterocycles. The number of piperazine rings is 1. The number of nitrogens with zero attached hydrogens (tertiary/aromatic N) is 1. The van der Waals surface area contributed by atoms with Crippen LogP contribution >= 0.6 is 0 Å². The van der Waals surface area contributed by atoms with E-state index in [-0.39, 0.29) is 11.7 Å². The summed E-state index contributed by atoms with van der Waals surface area (Å²) in [6, 6.07) is 5.44. The van der Waals surface area contributed by atoms with Crippen LogP contribution in [-0.2, 0) is 6.42 Å². The highest BCUT2D eigenvalue weighted by atomic mass is 16.1. The Morgan fingerprint density at radius 3 is 2.86 bits per heavy atom. The zero-order chi connectivity index (χ0) is 14.7. The molecule has 0 spiro atoms. The number of fused-ring (bicyclic) bond motifs is 1. The lowest BCUT2D eigenvalue weighted by molar-refractivity contribution is 0.0945. The van der Waals surface area contributed by atoms with Crippen LogP contribution in [0.4, 0.5) is 0 Å². The summed E-state index contributed by atoms with van der Waals surface area (Å²) in [6.45, 7) is 5.62. The van der Waals surface area contributed by atoms with Crippen molar-refractivity contribution >= 4 is 11.7 Å². The Labute approximate surface area is 124 Å². The molecule has 1 aliphatic carbocycles. The topological polar surface area (TPSA) is 61.4 Å². The van der Waals surface area contributed by atoms with E-state index in [0.717, 1.165) is 43.9 Å². The number of hydrogen-bond acceptors (Lipinski definition) is 4. The van der Waals surface area contributed by atoms with E-state index in [0.29, 0.717) is 24.9 Å². The van der Waals surface area contributed by atoms with Crippen LogP contribution in [0.25, 0.3) is 0 Å². The Hall–Kier alpha value is -1.72. The van der Waals surface area contributed by atoms with Gasteiger partial charge in [0.25, 0.3) is 5.91 Å². The van der Waals surface area contributed by atoms with Crippen molar-refractivity contribution < 1.29 is 9.59 Å². The third-order valence-corrected chi connectivity index (χ3v) is 4.25. The molecule has 5 nitrogen and oxygen atoms in total. The lowest BCUT2D eigenvalue weighted by Gasteiger charge is -2.27. The number of carbonyl (C=O) groups is 2. The molecule has 1 aliphatic heterocycles. The van der Waals surface area contributed by atoms with E-state index in [4.69, 9.17) is 0 Å².